The molecule has 21 heavy (non-hydrogen) atoms. The van der Waals surface area contributed by atoms with E-state index in [1.54, 1.807) is 0 Å². The van der Waals surface area contributed by atoms with Crippen LogP contribution in [-0.4, -0.2) is 55.7 Å². The summed E-state index contributed by atoms with van der Waals surface area (Å²) in [4.78, 5) is 8.19. The summed E-state index contributed by atoms with van der Waals surface area (Å²) in [6, 6.07) is 0. The minimum atomic E-state index is 0.0333. The SMILES string of the molecule is CC1ON=C(C2(C)CCNCC2)OC1CN1CCCCC1. The third kappa shape index (κ3) is 3.51. The Morgan fingerprint density at radius 3 is 2.67 bits per heavy atom. The lowest BCUT2D eigenvalue weighted by Crippen LogP contribution is -2.50. The van der Waals surface area contributed by atoms with Crippen LogP contribution in [0.4, 0.5) is 0 Å². The molecule has 120 valence electrons. The topological polar surface area (TPSA) is 46.1 Å². The van der Waals surface area contributed by atoms with Crippen molar-refractivity contribution < 1.29 is 9.57 Å². The van der Waals surface area contributed by atoms with Gasteiger partial charge < -0.3 is 14.9 Å². The summed E-state index contributed by atoms with van der Waals surface area (Å²) in [6.45, 7) is 9.75. The number of hydrogen-bond acceptors (Lipinski definition) is 5. The van der Waals surface area contributed by atoms with Gasteiger partial charge in [0.15, 0.2) is 12.2 Å². The summed E-state index contributed by atoms with van der Waals surface area (Å²) in [5, 5.41) is 7.70. The molecule has 2 atom stereocenters. The summed E-state index contributed by atoms with van der Waals surface area (Å²) in [5.74, 6) is 0.823. The van der Waals surface area contributed by atoms with Gasteiger partial charge in [-0.3, -0.25) is 4.90 Å². The first kappa shape index (κ1) is 15.1. The fraction of sp³-hybridized carbons (Fsp3) is 0.938. The third-order valence-corrected chi connectivity index (χ3v) is 5.20. The molecule has 1 N–H and O–H groups in total. The predicted octanol–water partition coefficient (Wildman–Crippen LogP) is 1.98. The zero-order chi connectivity index (χ0) is 14.7. The zero-order valence-corrected chi connectivity index (χ0v) is 13.4. The first-order valence-corrected chi connectivity index (χ1v) is 8.51. The predicted molar refractivity (Wildman–Crippen MR) is 83.4 cm³/mol. The van der Waals surface area contributed by atoms with Crippen LogP contribution in [0.2, 0.25) is 0 Å². The van der Waals surface area contributed by atoms with E-state index in [0.717, 1.165) is 38.4 Å². The van der Waals surface area contributed by atoms with E-state index < -0.39 is 0 Å². The van der Waals surface area contributed by atoms with Gasteiger partial charge in [0.2, 0.25) is 5.90 Å². The van der Waals surface area contributed by atoms with Gasteiger partial charge in [0.1, 0.15) is 0 Å². The normalized spacial score (nSPS) is 33.7. The van der Waals surface area contributed by atoms with Gasteiger partial charge in [0.05, 0.1) is 0 Å². The Kier molecular flexibility index (Phi) is 4.69. The van der Waals surface area contributed by atoms with Gasteiger partial charge in [-0.15, -0.1) is 0 Å². The first-order chi connectivity index (χ1) is 10.2. The monoisotopic (exact) mass is 295 g/mol. The molecule has 5 nitrogen and oxygen atoms in total. The standard InChI is InChI=1S/C16H29N3O2/c1-13-14(12-19-10-4-3-5-11-19)20-15(18-21-13)16(2)6-8-17-9-7-16/h13-14,17H,3-12H2,1-2H3. The second-order valence-corrected chi connectivity index (χ2v) is 7.04. The van der Waals surface area contributed by atoms with Crippen LogP contribution < -0.4 is 5.32 Å². The maximum Gasteiger partial charge on any atom is 0.232 e. The van der Waals surface area contributed by atoms with E-state index in [1.165, 1.54) is 32.4 Å². The van der Waals surface area contributed by atoms with Gasteiger partial charge in [0.25, 0.3) is 0 Å². The molecular weight excluding hydrogens is 266 g/mol. The average Bonchev–Trinajstić information content (AvgIpc) is 2.51. The summed E-state index contributed by atoms with van der Waals surface area (Å²) in [5.41, 5.74) is 0.0333. The van der Waals surface area contributed by atoms with E-state index in [1.807, 2.05) is 0 Å². The van der Waals surface area contributed by atoms with Crippen molar-refractivity contribution in [1.29, 1.82) is 0 Å². The molecule has 0 aliphatic carbocycles. The Hall–Kier alpha value is -0.810. The summed E-state index contributed by atoms with van der Waals surface area (Å²) in [7, 11) is 0. The molecule has 0 radical (unpaired) electrons. The summed E-state index contributed by atoms with van der Waals surface area (Å²) >= 11 is 0. The van der Waals surface area contributed by atoms with Gasteiger partial charge in [-0.05, 0) is 58.8 Å². The lowest BCUT2D eigenvalue weighted by atomic mass is 9.80. The van der Waals surface area contributed by atoms with Crippen LogP contribution in [-0.2, 0) is 9.57 Å². The van der Waals surface area contributed by atoms with E-state index in [-0.39, 0.29) is 17.6 Å². The molecule has 2 fully saturated rings. The highest BCUT2D eigenvalue weighted by Gasteiger charge is 2.40. The van der Waals surface area contributed by atoms with Gasteiger partial charge in [0, 0.05) is 12.0 Å². The number of oxime groups is 1. The molecule has 2 saturated heterocycles. The number of ether oxygens (including phenoxy) is 1. The molecule has 0 bridgehead atoms. The average molecular weight is 295 g/mol. The highest BCUT2D eigenvalue weighted by atomic mass is 16.7. The van der Waals surface area contributed by atoms with Crippen molar-refractivity contribution in [1.82, 2.24) is 10.2 Å². The van der Waals surface area contributed by atoms with Crippen molar-refractivity contribution in [2.24, 2.45) is 10.6 Å². The molecule has 3 heterocycles. The van der Waals surface area contributed by atoms with Crippen molar-refractivity contribution >= 4 is 5.90 Å². The van der Waals surface area contributed by atoms with Crippen LogP contribution in [0.25, 0.3) is 0 Å². The molecule has 5 heteroatoms. The third-order valence-electron chi connectivity index (χ3n) is 5.20. The van der Waals surface area contributed by atoms with Crippen molar-refractivity contribution in [3.63, 3.8) is 0 Å². The molecular formula is C16H29N3O2. The molecule has 0 aromatic rings. The maximum atomic E-state index is 6.30. The van der Waals surface area contributed by atoms with Gasteiger partial charge in [-0.25, -0.2) is 0 Å². The summed E-state index contributed by atoms with van der Waals surface area (Å²) < 4.78 is 6.30. The second-order valence-electron chi connectivity index (χ2n) is 7.04. The van der Waals surface area contributed by atoms with Crippen molar-refractivity contribution in [3.8, 4) is 0 Å². The molecule has 3 rings (SSSR count). The molecule has 0 amide bonds. The van der Waals surface area contributed by atoms with Crippen LogP contribution in [0.5, 0.6) is 0 Å². The molecule has 0 aromatic heterocycles. The summed E-state index contributed by atoms with van der Waals surface area (Å²) in [6.07, 6.45) is 6.29. The van der Waals surface area contributed by atoms with Gasteiger partial charge >= 0.3 is 0 Å². The highest BCUT2D eigenvalue weighted by molar-refractivity contribution is 5.82. The number of nitrogens with zero attached hydrogens (tertiary/aromatic N) is 2. The number of piperidine rings is 2. The van der Waals surface area contributed by atoms with Crippen LogP contribution in [0.1, 0.15) is 46.0 Å². The van der Waals surface area contributed by atoms with Crippen LogP contribution >= 0.6 is 0 Å². The Morgan fingerprint density at radius 2 is 1.95 bits per heavy atom. The lowest BCUT2D eigenvalue weighted by molar-refractivity contribution is -0.0730. The van der Waals surface area contributed by atoms with E-state index >= 15 is 0 Å². The maximum absolute atomic E-state index is 6.30. The Morgan fingerprint density at radius 1 is 1.24 bits per heavy atom. The van der Waals surface area contributed by atoms with Crippen LogP contribution in [0.3, 0.4) is 0 Å². The molecule has 2 unspecified atom stereocenters. The Labute approximate surface area is 128 Å². The van der Waals surface area contributed by atoms with Crippen LogP contribution in [0, 0.1) is 5.41 Å². The van der Waals surface area contributed by atoms with E-state index in [2.05, 4.69) is 29.2 Å². The molecule has 0 spiro atoms. The van der Waals surface area contributed by atoms with E-state index in [4.69, 9.17) is 9.57 Å². The number of likely N-dealkylation sites (tertiary alicyclic amines) is 1. The van der Waals surface area contributed by atoms with Crippen molar-refractivity contribution in [2.75, 3.05) is 32.7 Å². The number of rotatable bonds is 3. The lowest BCUT2D eigenvalue weighted by Gasteiger charge is -2.40. The quantitative estimate of drug-likeness (QED) is 0.865. The largest absolute Gasteiger partial charge is 0.470 e. The van der Waals surface area contributed by atoms with E-state index in [0.29, 0.717) is 0 Å². The number of hydrogen-bond donors (Lipinski definition) is 1. The molecule has 3 aliphatic heterocycles. The Bertz CT molecular complexity index is 374. The second kappa shape index (κ2) is 6.53. The number of nitrogens with one attached hydrogen (secondary N) is 1. The molecule has 0 saturated carbocycles. The minimum Gasteiger partial charge on any atom is -0.470 e. The minimum absolute atomic E-state index is 0.0333. The van der Waals surface area contributed by atoms with Crippen molar-refractivity contribution in [3.05, 3.63) is 0 Å². The van der Waals surface area contributed by atoms with Crippen LogP contribution in [0.15, 0.2) is 5.16 Å². The highest BCUT2D eigenvalue weighted by Crippen LogP contribution is 2.33. The fourth-order valence-electron chi connectivity index (χ4n) is 3.49. The molecule has 0 aromatic carbocycles. The van der Waals surface area contributed by atoms with Gasteiger partial charge in [-0.1, -0.05) is 18.5 Å². The smallest absolute Gasteiger partial charge is 0.232 e. The zero-order valence-electron chi connectivity index (χ0n) is 13.4. The first-order valence-electron chi connectivity index (χ1n) is 8.51. The molecule has 3 aliphatic rings. The fourth-order valence-corrected chi connectivity index (χ4v) is 3.49. The Balaban J connectivity index is 1.62. The van der Waals surface area contributed by atoms with Crippen molar-refractivity contribution in [2.45, 2.75) is 58.2 Å². The van der Waals surface area contributed by atoms with E-state index in [9.17, 15) is 0 Å². The van der Waals surface area contributed by atoms with Gasteiger partial charge in [-0.2, -0.15) is 0 Å².